The second-order valence-electron chi connectivity index (χ2n) is 7.12. The minimum Gasteiger partial charge on any atom is -0.862 e. The van der Waals surface area contributed by atoms with E-state index in [0.717, 1.165) is 40.3 Å². The van der Waals surface area contributed by atoms with Crippen LogP contribution in [-0.4, -0.2) is 25.6 Å². The molecule has 9 heteroatoms. The highest BCUT2D eigenvalue weighted by atomic mass is 35.5. The number of hydrogen-bond acceptors (Lipinski definition) is 7. The van der Waals surface area contributed by atoms with Crippen LogP contribution < -0.4 is 19.3 Å². The lowest BCUT2D eigenvalue weighted by Crippen LogP contribution is -2.35. The molecular weight excluding hydrogens is 446 g/mol. The number of aromatic nitrogens is 1. The van der Waals surface area contributed by atoms with Gasteiger partial charge in [-0.3, -0.25) is 0 Å². The molecule has 0 fully saturated rings. The summed E-state index contributed by atoms with van der Waals surface area (Å²) in [5, 5.41) is 28.3. The van der Waals surface area contributed by atoms with Gasteiger partial charge in [-0.05, 0) is 85.9 Å². The van der Waals surface area contributed by atoms with Gasteiger partial charge in [-0.2, -0.15) is 0 Å². The molecule has 0 spiro atoms. The predicted octanol–water partition coefficient (Wildman–Crippen LogP) is 5.31. The third-order valence-corrected chi connectivity index (χ3v) is 6.11. The number of nitrogens with one attached hydrogen (secondary N) is 1. The van der Waals surface area contributed by atoms with Gasteiger partial charge in [0.1, 0.15) is 17.0 Å². The van der Waals surface area contributed by atoms with Crippen molar-refractivity contribution in [2.24, 2.45) is 10.2 Å². The number of fused-ring (bicyclic) bond motifs is 1. The van der Waals surface area contributed by atoms with Crippen LogP contribution in [0, 0.1) is 12.3 Å². The highest BCUT2D eigenvalue weighted by Gasteiger charge is 2.20. The minimum absolute atomic E-state index is 0. The summed E-state index contributed by atoms with van der Waals surface area (Å²) in [4.78, 5) is 2.29. The Bertz CT molecular complexity index is 1100. The van der Waals surface area contributed by atoms with E-state index < -0.39 is 5.90 Å². The molecule has 0 radical (unpaired) electrons. The predicted molar refractivity (Wildman–Crippen MR) is 132 cm³/mol. The minimum atomic E-state index is -0.594. The summed E-state index contributed by atoms with van der Waals surface area (Å²) in [6.45, 7) is 11.2. The first-order valence-corrected chi connectivity index (χ1v) is 11.4. The van der Waals surface area contributed by atoms with Gasteiger partial charge in [0.15, 0.2) is 0 Å². The molecule has 0 saturated carbocycles. The Morgan fingerprint density at radius 1 is 1.12 bits per heavy atom. The van der Waals surface area contributed by atoms with Crippen molar-refractivity contribution >= 4 is 56.4 Å². The number of ether oxygens (including phenoxy) is 1. The zero-order valence-electron chi connectivity index (χ0n) is 18.9. The van der Waals surface area contributed by atoms with E-state index in [0.29, 0.717) is 18.3 Å². The van der Waals surface area contributed by atoms with Gasteiger partial charge in [-0.25, -0.2) is 4.57 Å². The standard InChI is InChI=1S/C23H29N5O2S.ClH/c1-5-27(6-2)17-8-10-19(16(4)14-17)25-26-23-28(13-12-22(24)29)20-11-9-18(30-7-3)15-21(20)31-23;/h8-11,14-15H,5-7,12-13H2,1-4H3,(H-,24,29);1H. The second-order valence-corrected chi connectivity index (χ2v) is 8.12. The van der Waals surface area contributed by atoms with Gasteiger partial charge in [-0.1, -0.05) is 0 Å². The fourth-order valence-electron chi connectivity index (χ4n) is 3.45. The quantitative estimate of drug-likeness (QED) is 0.186. The maximum atomic E-state index is 11.3. The summed E-state index contributed by atoms with van der Waals surface area (Å²) in [7, 11) is 0. The van der Waals surface area contributed by atoms with E-state index in [4.69, 9.17) is 10.1 Å². The van der Waals surface area contributed by atoms with Crippen LogP contribution in [0.5, 0.6) is 5.75 Å². The zero-order valence-corrected chi connectivity index (χ0v) is 20.6. The molecule has 0 aliphatic carbocycles. The smallest absolute Gasteiger partial charge is 0.409 e. The molecule has 0 saturated heterocycles. The van der Waals surface area contributed by atoms with Gasteiger partial charge in [-0.15, -0.1) is 12.4 Å². The van der Waals surface area contributed by atoms with Crippen LogP contribution >= 0.6 is 23.7 Å². The molecular formula is C23H30ClN5O2S. The van der Waals surface area contributed by atoms with Crippen LogP contribution in [0.1, 0.15) is 32.8 Å². The molecule has 3 rings (SSSR count). The Hall–Kier alpha value is -2.71. The van der Waals surface area contributed by atoms with Gasteiger partial charge in [0.2, 0.25) is 0 Å². The first kappa shape index (κ1) is 25.5. The highest BCUT2D eigenvalue weighted by molar-refractivity contribution is 7.21. The molecule has 0 aliphatic rings. The molecule has 0 aliphatic heterocycles. The summed E-state index contributed by atoms with van der Waals surface area (Å²) < 4.78 is 8.57. The van der Waals surface area contributed by atoms with E-state index in [-0.39, 0.29) is 18.8 Å². The summed E-state index contributed by atoms with van der Waals surface area (Å²) in [5.41, 5.74) is 4.00. The van der Waals surface area contributed by atoms with Gasteiger partial charge < -0.3 is 20.2 Å². The van der Waals surface area contributed by atoms with Crippen LogP contribution in [0.3, 0.4) is 0 Å². The third kappa shape index (κ3) is 5.95. The van der Waals surface area contributed by atoms with E-state index >= 15 is 0 Å². The van der Waals surface area contributed by atoms with E-state index in [9.17, 15) is 5.11 Å². The van der Waals surface area contributed by atoms with Crippen molar-refractivity contribution in [3.05, 3.63) is 42.0 Å². The lowest BCUT2D eigenvalue weighted by molar-refractivity contribution is -0.654. The number of halogens is 1. The van der Waals surface area contributed by atoms with Crippen LogP contribution in [0.25, 0.3) is 10.2 Å². The van der Waals surface area contributed by atoms with Gasteiger partial charge in [0, 0.05) is 31.3 Å². The molecule has 7 nitrogen and oxygen atoms in total. The van der Waals surface area contributed by atoms with Gasteiger partial charge >= 0.3 is 5.13 Å². The van der Waals surface area contributed by atoms with Crippen molar-refractivity contribution in [3.8, 4) is 5.75 Å². The maximum absolute atomic E-state index is 11.3. The summed E-state index contributed by atoms with van der Waals surface area (Å²) in [6, 6.07) is 12.0. The Morgan fingerprint density at radius 3 is 2.50 bits per heavy atom. The van der Waals surface area contributed by atoms with Crippen molar-refractivity contribution < 1.29 is 14.4 Å². The van der Waals surface area contributed by atoms with Crippen molar-refractivity contribution in [2.45, 2.75) is 40.7 Å². The first-order chi connectivity index (χ1) is 15.0. The number of rotatable bonds is 10. The Labute approximate surface area is 199 Å². The molecule has 1 heterocycles. The van der Waals surface area contributed by atoms with E-state index in [1.807, 2.05) is 42.7 Å². The summed E-state index contributed by atoms with van der Waals surface area (Å²) in [5.74, 6) is 0.204. The Kier molecular flexibility index (Phi) is 9.41. The van der Waals surface area contributed by atoms with Crippen LogP contribution in [0.4, 0.5) is 16.5 Å². The second kappa shape index (κ2) is 11.8. The molecule has 0 atom stereocenters. The molecule has 32 heavy (non-hydrogen) atoms. The molecule has 1 aromatic heterocycles. The van der Waals surface area contributed by atoms with Gasteiger partial charge in [0.05, 0.1) is 23.0 Å². The number of hydrogen-bond donors (Lipinski definition) is 1. The van der Waals surface area contributed by atoms with Crippen LogP contribution in [-0.2, 0) is 6.54 Å². The van der Waals surface area contributed by atoms with E-state index in [1.54, 1.807) is 0 Å². The van der Waals surface area contributed by atoms with Crippen LogP contribution in [0.2, 0.25) is 0 Å². The average molecular weight is 476 g/mol. The molecule has 172 valence electrons. The number of thiazole rings is 1. The highest BCUT2D eigenvalue weighted by Crippen LogP contribution is 2.32. The SMILES string of the molecule is CCOc1ccc2c(c1)sc(N=Nc1ccc(N(CC)CC)cc1C)[n+]2CCC(=N)[O-].Cl. The molecule has 2 aromatic carbocycles. The number of nitrogens with zero attached hydrogens (tertiary/aromatic N) is 4. The number of anilines is 1. The molecule has 0 amide bonds. The molecule has 3 aromatic rings. The molecule has 0 bridgehead atoms. The van der Waals surface area contributed by atoms with E-state index in [1.165, 1.54) is 17.0 Å². The first-order valence-electron chi connectivity index (χ1n) is 10.6. The fourth-order valence-corrected chi connectivity index (χ4v) is 4.49. The summed E-state index contributed by atoms with van der Waals surface area (Å²) in [6.07, 6.45) is 0.129. The Balaban J connectivity index is 0.00000363. The monoisotopic (exact) mass is 475 g/mol. The van der Waals surface area contributed by atoms with Crippen molar-refractivity contribution in [1.82, 2.24) is 0 Å². The normalized spacial score (nSPS) is 11.0. The fraction of sp³-hybridized carbons (Fsp3) is 0.391. The van der Waals surface area contributed by atoms with Crippen molar-refractivity contribution in [3.63, 3.8) is 0 Å². The van der Waals surface area contributed by atoms with E-state index in [2.05, 4.69) is 41.1 Å². The molecule has 0 unspecified atom stereocenters. The summed E-state index contributed by atoms with van der Waals surface area (Å²) >= 11 is 1.50. The molecule has 1 N–H and O–H groups in total. The number of aryl methyl sites for hydroxylation is 2. The van der Waals surface area contributed by atoms with Gasteiger partial charge in [0.25, 0.3) is 0 Å². The lowest BCUT2D eigenvalue weighted by Gasteiger charge is -2.21. The Morgan fingerprint density at radius 2 is 1.88 bits per heavy atom. The number of benzene rings is 2. The van der Waals surface area contributed by atoms with Crippen LogP contribution in [0.15, 0.2) is 46.6 Å². The zero-order chi connectivity index (χ0) is 22.4. The third-order valence-electron chi connectivity index (χ3n) is 5.08. The average Bonchev–Trinajstić information content (AvgIpc) is 3.09. The largest absolute Gasteiger partial charge is 0.862 e. The topological polar surface area (TPSA) is 88.0 Å². The van der Waals surface area contributed by atoms with Crippen molar-refractivity contribution in [1.29, 1.82) is 5.41 Å². The maximum Gasteiger partial charge on any atom is 0.409 e. The van der Waals surface area contributed by atoms with Crippen molar-refractivity contribution in [2.75, 3.05) is 24.6 Å². The number of azo groups is 1. The lowest BCUT2D eigenvalue weighted by atomic mass is 10.1.